The van der Waals surface area contributed by atoms with Crippen molar-refractivity contribution in [1.29, 1.82) is 0 Å². The molecule has 1 aliphatic rings. The van der Waals surface area contributed by atoms with Crippen LogP contribution in [0.25, 0.3) is 11.4 Å². The molecule has 27 heavy (non-hydrogen) atoms. The Bertz CT molecular complexity index is 775. The number of hydrogen-bond acceptors (Lipinski definition) is 5. The molecule has 0 bridgehead atoms. The standard InChI is InChI=1S/C20H30N4OS2/c1-5-16-14(4)26-11-17(16)19-22-23-20(24(19)13(2)3)27-12-18(25)21-15-9-7-6-8-10-15/h11,13,15H,5-10,12H2,1-4H3,(H,21,25). The summed E-state index contributed by atoms with van der Waals surface area (Å²) in [6.07, 6.45) is 6.96. The van der Waals surface area contributed by atoms with Crippen molar-refractivity contribution in [3.63, 3.8) is 0 Å². The number of hydrogen-bond donors (Lipinski definition) is 1. The van der Waals surface area contributed by atoms with Gasteiger partial charge in [-0.1, -0.05) is 37.9 Å². The van der Waals surface area contributed by atoms with E-state index in [0.29, 0.717) is 11.8 Å². The van der Waals surface area contributed by atoms with Crippen LogP contribution in [0.15, 0.2) is 10.5 Å². The summed E-state index contributed by atoms with van der Waals surface area (Å²) in [4.78, 5) is 13.7. The molecule has 1 saturated carbocycles. The minimum absolute atomic E-state index is 0.104. The van der Waals surface area contributed by atoms with Crippen molar-refractivity contribution in [1.82, 2.24) is 20.1 Å². The molecule has 0 unspecified atom stereocenters. The van der Waals surface area contributed by atoms with Crippen molar-refractivity contribution in [3.8, 4) is 11.4 Å². The number of carbonyl (C=O) groups excluding carboxylic acids is 1. The van der Waals surface area contributed by atoms with Crippen molar-refractivity contribution in [2.45, 2.75) is 83.5 Å². The monoisotopic (exact) mass is 406 g/mol. The van der Waals surface area contributed by atoms with Crippen LogP contribution in [0, 0.1) is 6.92 Å². The zero-order chi connectivity index (χ0) is 19.4. The van der Waals surface area contributed by atoms with E-state index in [1.54, 1.807) is 11.3 Å². The predicted molar refractivity (Wildman–Crippen MR) is 114 cm³/mol. The topological polar surface area (TPSA) is 59.8 Å². The lowest BCUT2D eigenvalue weighted by Gasteiger charge is -2.22. The van der Waals surface area contributed by atoms with Gasteiger partial charge < -0.3 is 5.32 Å². The Labute approximate surface area is 170 Å². The van der Waals surface area contributed by atoms with Crippen LogP contribution >= 0.6 is 23.1 Å². The SMILES string of the molecule is CCc1c(-c2nnc(SCC(=O)NC3CCCCC3)n2C(C)C)csc1C. The van der Waals surface area contributed by atoms with Gasteiger partial charge in [-0.25, -0.2) is 0 Å². The number of carbonyl (C=O) groups is 1. The molecule has 0 saturated heterocycles. The lowest BCUT2D eigenvalue weighted by Crippen LogP contribution is -2.37. The molecule has 148 valence electrons. The van der Waals surface area contributed by atoms with E-state index in [1.165, 1.54) is 47.0 Å². The highest BCUT2D eigenvalue weighted by Crippen LogP contribution is 2.34. The van der Waals surface area contributed by atoms with E-state index in [-0.39, 0.29) is 11.9 Å². The normalized spacial score (nSPS) is 15.4. The first kappa shape index (κ1) is 20.4. The first-order valence-electron chi connectivity index (χ1n) is 9.95. The fraction of sp³-hybridized carbons (Fsp3) is 0.650. The van der Waals surface area contributed by atoms with Crippen molar-refractivity contribution in [2.75, 3.05) is 5.75 Å². The van der Waals surface area contributed by atoms with Gasteiger partial charge in [0, 0.05) is 27.9 Å². The number of thiophene rings is 1. The quantitative estimate of drug-likeness (QED) is 0.657. The summed E-state index contributed by atoms with van der Waals surface area (Å²) >= 11 is 3.25. The summed E-state index contributed by atoms with van der Waals surface area (Å²) in [5.41, 5.74) is 2.53. The lowest BCUT2D eigenvalue weighted by atomic mass is 9.95. The number of thioether (sulfide) groups is 1. The zero-order valence-corrected chi connectivity index (χ0v) is 18.4. The Morgan fingerprint density at radius 3 is 2.74 bits per heavy atom. The van der Waals surface area contributed by atoms with Crippen LogP contribution in [-0.2, 0) is 11.2 Å². The number of aromatic nitrogens is 3. The van der Waals surface area contributed by atoms with E-state index in [1.807, 2.05) is 0 Å². The average molecular weight is 407 g/mol. The molecule has 2 heterocycles. The largest absolute Gasteiger partial charge is 0.353 e. The van der Waals surface area contributed by atoms with E-state index in [2.05, 4.69) is 53.2 Å². The van der Waals surface area contributed by atoms with Crippen molar-refractivity contribution in [2.24, 2.45) is 0 Å². The van der Waals surface area contributed by atoms with Crippen LogP contribution in [0.4, 0.5) is 0 Å². The Morgan fingerprint density at radius 1 is 1.33 bits per heavy atom. The molecule has 5 nitrogen and oxygen atoms in total. The number of nitrogens with zero attached hydrogens (tertiary/aromatic N) is 3. The molecule has 3 rings (SSSR count). The van der Waals surface area contributed by atoms with Crippen LogP contribution in [0.3, 0.4) is 0 Å². The van der Waals surface area contributed by atoms with Gasteiger partial charge in [0.1, 0.15) is 0 Å². The molecule has 0 atom stereocenters. The second kappa shape index (κ2) is 9.24. The third-order valence-electron chi connectivity index (χ3n) is 5.18. The number of aryl methyl sites for hydroxylation is 1. The minimum Gasteiger partial charge on any atom is -0.353 e. The van der Waals surface area contributed by atoms with Crippen LogP contribution < -0.4 is 5.32 Å². The van der Waals surface area contributed by atoms with E-state index >= 15 is 0 Å². The van der Waals surface area contributed by atoms with Gasteiger partial charge in [-0.05, 0) is 45.6 Å². The minimum atomic E-state index is 0.104. The van der Waals surface area contributed by atoms with Gasteiger partial charge >= 0.3 is 0 Å². The highest BCUT2D eigenvalue weighted by molar-refractivity contribution is 7.99. The molecule has 1 aliphatic carbocycles. The smallest absolute Gasteiger partial charge is 0.230 e. The molecule has 7 heteroatoms. The maximum atomic E-state index is 12.4. The van der Waals surface area contributed by atoms with Gasteiger partial charge in [-0.15, -0.1) is 21.5 Å². The second-order valence-corrected chi connectivity index (χ2v) is 9.53. The van der Waals surface area contributed by atoms with Gasteiger partial charge in [0.25, 0.3) is 0 Å². The number of rotatable bonds is 7. The Kier molecular flexibility index (Phi) is 6.98. The van der Waals surface area contributed by atoms with Gasteiger partial charge in [0.05, 0.1) is 5.75 Å². The van der Waals surface area contributed by atoms with Gasteiger partial charge in [-0.3, -0.25) is 9.36 Å². The van der Waals surface area contributed by atoms with Crippen molar-refractivity contribution in [3.05, 3.63) is 15.8 Å². The number of nitrogens with one attached hydrogen (secondary N) is 1. The second-order valence-electron chi connectivity index (χ2n) is 7.50. The van der Waals surface area contributed by atoms with Crippen LogP contribution in [0.1, 0.15) is 69.4 Å². The molecule has 0 aromatic carbocycles. The fourth-order valence-electron chi connectivity index (χ4n) is 3.78. The summed E-state index contributed by atoms with van der Waals surface area (Å²) in [5, 5.41) is 15.1. The van der Waals surface area contributed by atoms with Gasteiger partial charge in [-0.2, -0.15) is 0 Å². The molecule has 2 aromatic heterocycles. The summed E-state index contributed by atoms with van der Waals surface area (Å²) in [7, 11) is 0. The maximum absolute atomic E-state index is 12.4. The molecule has 1 amide bonds. The first-order chi connectivity index (χ1) is 13.0. The van der Waals surface area contributed by atoms with Gasteiger partial charge in [0.2, 0.25) is 5.91 Å². The molecule has 2 aromatic rings. The lowest BCUT2D eigenvalue weighted by molar-refractivity contribution is -0.119. The maximum Gasteiger partial charge on any atom is 0.230 e. The van der Waals surface area contributed by atoms with Crippen LogP contribution in [0.2, 0.25) is 0 Å². The molecule has 1 N–H and O–H groups in total. The Morgan fingerprint density at radius 2 is 2.07 bits per heavy atom. The van der Waals surface area contributed by atoms with Crippen LogP contribution in [0.5, 0.6) is 0 Å². The van der Waals surface area contributed by atoms with E-state index in [4.69, 9.17) is 0 Å². The summed E-state index contributed by atoms with van der Waals surface area (Å²) in [6, 6.07) is 0.593. The third kappa shape index (κ3) is 4.74. The van der Waals surface area contributed by atoms with E-state index in [0.717, 1.165) is 30.2 Å². The molecule has 0 aliphatic heterocycles. The summed E-state index contributed by atoms with van der Waals surface area (Å²) < 4.78 is 2.17. The Hall–Kier alpha value is -1.34. The van der Waals surface area contributed by atoms with E-state index in [9.17, 15) is 4.79 Å². The third-order valence-corrected chi connectivity index (χ3v) is 7.08. The van der Waals surface area contributed by atoms with Gasteiger partial charge in [0.15, 0.2) is 11.0 Å². The summed E-state index contributed by atoms with van der Waals surface area (Å²) in [5.74, 6) is 1.42. The molecule has 0 radical (unpaired) electrons. The predicted octanol–water partition coefficient (Wildman–Crippen LogP) is 5.00. The van der Waals surface area contributed by atoms with Crippen molar-refractivity contribution < 1.29 is 4.79 Å². The van der Waals surface area contributed by atoms with E-state index < -0.39 is 0 Å². The first-order valence-corrected chi connectivity index (χ1v) is 11.8. The fourth-order valence-corrected chi connectivity index (χ4v) is 5.59. The molecule has 0 spiro atoms. The number of amides is 1. The average Bonchev–Trinajstić information content (AvgIpc) is 3.23. The molecule has 1 fully saturated rings. The summed E-state index contributed by atoms with van der Waals surface area (Å²) in [6.45, 7) is 8.63. The molecular weight excluding hydrogens is 376 g/mol. The zero-order valence-electron chi connectivity index (χ0n) is 16.7. The van der Waals surface area contributed by atoms with Crippen LogP contribution in [-0.4, -0.2) is 32.5 Å². The molecular formula is C20H30N4OS2. The van der Waals surface area contributed by atoms with Crippen molar-refractivity contribution >= 4 is 29.0 Å². The highest BCUT2D eigenvalue weighted by atomic mass is 32.2. The Balaban J connectivity index is 1.72. The highest BCUT2D eigenvalue weighted by Gasteiger charge is 2.22.